The van der Waals surface area contributed by atoms with E-state index in [1.165, 1.54) is 11.0 Å². The van der Waals surface area contributed by atoms with E-state index in [1.54, 1.807) is 12.3 Å². The molecule has 0 bridgehead atoms. The monoisotopic (exact) mass is 554 g/mol. The fourth-order valence-corrected chi connectivity index (χ4v) is 6.51. The van der Waals surface area contributed by atoms with E-state index in [-0.39, 0.29) is 30.7 Å². The molecule has 1 aromatic heterocycles. The molecule has 1 atom stereocenters. The molecule has 6 rings (SSSR count). The molecule has 3 aliphatic rings. The van der Waals surface area contributed by atoms with Crippen LogP contribution in [-0.2, 0) is 34.3 Å². The Morgan fingerprint density at radius 2 is 1.98 bits per heavy atom. The van der Waals surface area contributed by atoms with Gasteiger partial charge in [0.2, 0.25) is 5.91 Å². The molecule has 40 heavy (non-hydrogen) atoms. The second-order valence-electron chi connectivity index (χ2n) is 11.0. The third-order valence-electron chi connectivity index (χ3n) is 8.70. The molecule has 1 saturated heterocycles. The van der Waals surface area contributed by atoms with Crippen molar-refractivity contribution in [2.45, 2.75) is 56.4 Å². The van der Waals surface area contributed by atoms with Crippen LogP contribution >= 0.6 is 0 Å². The van der Waals surface area contributed by atoms with Crippen molar-refractivity contribution in [2.24, 2.45) is 5.73 Å². The van der Waals surface area contributed by atoms with Crippen LogP contribution in [0.1, 0.15) is 58.3 Å². The maximum atomic E-state index is 13.5. The van der Waals surface area contributed by atoms with Crippen LogP contribution in [0.3, 0.4) is 0 Å². The van der Waals surface area contributed by atoms with Crippen LogP contribution < -0.4 is 10.5 Å². The number of ether oxygens (including phenoxy) is 1. The maximum Gasteiger partial charge on any atom is 0.416 e. The lowest BCUT2D eigenvalue weighted by atomic mass is 9.74. The normalized spacial score (nSPS) is 19.1. The summed E-state index contributed by atoms with van der Waals surface area (Å²) in [7, 11) is 0. The van der Waals surface area contributed by atoms with Crippen molar-refractivity contribution in [1.82, 2.24) is 14.8 Å². The number of H-pyrrole nitrogens is 1. The molecular weight excluding hydrogens is 525 g/mol. The Labute approximate surface area is 228 Å². The highest BCUT2D eigenvalue weighted by molar-refractivity contribution is 6.02. The Balaban J connectivity index is 1.20. The average molecular weight is 555 g/mol. The molecule has 3 N–H and O–H groups in total. The molecule has 3 aliphatic heterocycles. The largest absolute Gasteiger partial charge is 0.492 e. The van der Waals surface area contributed by atoms with Crippen LogP contribution in [-0.4, -0.2) is 58.6 Å². The highest BCUT2D eigenvalue weighted by Crippen LogP contribution is 2.49. The van der Waals surface area contributed by atoms with Crippen LogP contribution in [0.2, 0.25) is 0 Å². The SMILES string of the molecule is NC(=O)C(CCC=O)N1Cc2c(ccc3c2OCC32CCN(Cc3cc(C(F)(F)F)cc4[nH]ccc34)CC2)C1=O. The lowest BCUT2D eigenvalue weighted by Gasteiger charge is -2.38. The van der Waals surface area contributed by atoms with Gasteiger partial charge in [0, 0.05) is 52.2 Å². The number of aromatic amines is 1. The molecule has 0 aliphatic carbocycles. The smallest absolute Gasteiger partial charge is 0.416 e. The maximum absolute atomic E-state index is 13.5. The molecule has 4 heterocycles. The number of amides is 2. The average Bonchev–Trinajstić information content (AvgIpc) is 3.62. The number of nitrogens with one attached hydrogen (secondary N) is 1. The molecule has 1 fully saturated rings. The molecule has 1 spiro atoms. The Morgan fingerprint density at radius 3 is 2.67 bits per heavy atom. The lowest BCUT2D eigenvalue weighted by Crippen LogP contribution is -2.44. The zero-order valence-corrected chi connectivity index (χ0v) is 21.7. The van der Waals surface area contributed by atoms with E-state index in [2.05, 4.69) is 9.88 Å². The molecule has 11 heteroatoms. The minimum atomic E-state index is -4.42. The van der Waals surface area contributed by atoms with E-state index in [4.69, 9.17) is 10.5 Å². The van der Waals surface area contributed by atoms with Crippen LogP contribution in [0.4, 0.5) is 13.2 Å². The summed E-state index contributed by atoms with van der Waals surface area (Å²) in [5.74, 6) is -0.279. The fraction of sp³-hybridized carbons (Fsp3) is 0.414. The summed E-state index contributed by atoms with van der Waals surface area (Å²) in [5.41, 5.74) is 7.99. The van der Waals surface area contributed by atoms with Crippen molar-refractivity contribution in [2.75, 3.05) is 19.7 Å². The quantitative estimate of drug-likeness (QED) is 0.431. The number of hydrogen-bond donors (Lipinski definition) is 2. The number of carbonyl (C=O) groups is 3. The van der Waals surface area contributed by atoms with E-state index in [0.29, 0.717) is 54.9 Å². The van der Waals surface area contributed by atoms with Gasteiger partial charge in [-0.05, 0) is 62.2 Å². The third-order valence-corrected chi connectivity index (χ3v) is 8.70. The predicted molar refractivity (Wildman–Crippen MR) is 140 cm³/mol. The molecule has 210 valence electrons. The summed E-state index contributed by atoms with van der Waals surface area (Å²) < 4.78 is 46.7. The molecule has 2 aromatic carbocycles. The van der Waals surface area contributed by atoms with Gasteiger partial charge in [0.15, 0.2) is 0 Å². The number of primary amides is 1. The number of nitrogens with zero attached hydrogens (tertiary/aromatic N) is 2. The lowest BCUT2D eigenvalue weighted by molar-refractivity contribution is -0.137. The minimum Gasteiger partial charge on any atom is -0.492 e. The van der Waals surface area contributed by atoms with Crippen molar-refractivity contribution in [3.63, 3.8) is 0 Å². The standard InChI is InChI=1S/C29H29F3N4O4/c30-29(31,32)18-12-17(19-5-8-34-23(19)13-18)14-35-9-6-28(7-10-35)16-40-25-21-15-36(24(26(33)38)2-1-11-37)27(39)20(21)3-4-22(25)28/h3-5,8,11-13,24,34H,1-2,6-7,9-10,14-16H2,(H2,33,38). The molecule has 2 amide bonds. The molecule has 3 aromatic rings. The van der Waals surface area contributed by atoms with Crippen molar-refractivity contribution in [3.05, 3.63) is 64.3 Å². The van der Waals surface area contributed by atoms with Gasteiger partial charge < -0.3 is 25.1 Å². The first-order chi connectivity index (χ1) is 19.1. The molecule has 0 saturated carbocycles. The van der Waals surface area contributed by atoms with E-state index < -0.39 is 23.7 Å². The predicted octanol–water partition coefficient (Wildman–Crippen LogP) is 3.90. The summed E-state index contributed by atoms with van der Waals surface area (Å²) in [6.45, 7) is 2.42. The minimum absolute atomic E-state index is 0.123. The van der Waals surface area contributed by atoms with Crippen LogP contribution in [0.5, 0.6) is 5.75 Å². The number of benzene rings is 2. The Morgan fingerprint density at radius 1 is 1.20 bits per heavy atom. The van der Waals surface area contributed by atoms with Crippen molar-refractivity contribution < 1.29 is 32.3 Å². The first-order valence-corrected chi connectivity index (χ1v) is 13.3. The first kappa shape index (κ1) is 26.4. The number of rotatable bonds is 7. The number of carbonyl (C=O) groups excluding carboxylic acids is 3. The van der Waals surface area contributed by atoms with E-state index in [9.17, 15) is 27.6 Å². The summed E-state index contributed by atoms with van der Waals surface area (Å²) >= 11 is 0. The number of nitrogens with two attached hydrogens (primary N) is 1. The number of likely N-dealkylation sites (tertiary alicyclic amines) is 1. The van der Waals surface area contributed by atoms with Gasteiger partial charge in [0.1, 0.15) is 18.1 Å². The molecular formula is C29H29F3N4O4. The third kappa shape index (κ3) is 4.32. The highest BCUT2D eigenvalue weighted by Gasteiger charge is 2.47. The van der Waals surface area contributed by atoms with Gasteiger partial charge in [0.25, 0.3) is 5.91 Å². The highest BCUT2D eigenvalue weighted by atomic mass is 19.4. The number of aldehydes is 1. The number of piperidine rings is 1. The summed E-state index contributed by atoms with van der Waals surface area (Å²) in [5, 5.41) is 0.787. The van der Waals surface area contributed by atoms with E-state index in [0.717, 1.165) is 35.4 Å². The summed E-state index contributed by atoms with van der Waals surface area (Å²) in [6, 6.07) is 7.04. The van der Waals surface area contributed by atoms with Gasteiger partial charge in [-0.1, -0.05) is 6.07 Å². The van der Waals surface area contributed by atoms with Crippen molar-refractivity contribution in [3.8, 4) is 5.75 Å². The van der Waals surface area contributed by atoms with E-state index >= 15 is 0 Å². The first-order valence-electron chi connectivity index (χ1n) is 13.3. The Bertz CT molecular complexity index is 1510. The van der Waals surface area contributed by atoms with Crippen molar-refractivity contribution >= 4 is 29.0 Å². The molecule has 0 radical (unpaired) electrons. The molecule has 1 unspecified atom stereocenters. The van der Waals surface area contributed by atoms with Gasteiger partial charge in [-0.25, -0.2) is 0 Å². The Kier molecular flexibility index (Phi) is 6.36. The van der Waals surface area contributed by atoms with Gasteiger partial charge in [-0.2, -0.15) is 13.2 Å². The number of fused-ring (bicyclic) bond motifs is 5. The number of hydrogen-bond acceptors (Lipinski definition) is 5. The topological polar surface area (TPSA) is 109 Å². The number of alkyl halides is 3. The number of aromatic nitrogens is 1. The van der Waals surface area contributed by atoms with Crippen LogP contribution in [0, 0.1) is 0 Å². The number of halogens is 3. The van der Waals surface area contributed by atoms with Crippen molar-refractivity contribution in [1.29, 1.82) is 0 Å². The van der Waals surface area contributed by atoms with E-state index in [1.807, 2.05) is 12.1 Å². The second kappa shape index (κ2) is 9.65. The Hall–Kier alpha value is -3.86. The van der Waals surface area contributed by atoms with Crippen LogP contribution in [0.15, 0.2) is 36.5 Å². The summed E-state index contributed by atoms with van der Waals surface area (Å²) in [4.78, 5) is 42.6. The van der Waals surface area contributed by atoms with Gasteiger partial charge in [0.05, 0.1) is 18.7 Å². The zero-order chi connectivity index (χ0) is 28.2. The van der Waals surface area contributed by atoms with Gasteiger partial charge in [-0.15, -0.1) is 0 Å². The zero-order valence-electron chi connectivity index (χ0n) is 21.7. The summed E-state index contributed by atoms with van der Waals surface area (Å²) in [6.07, 6.45) is -0.253. The molecule has 8 nitrogen and oxygen atoms in total. The van der Waals surface area contributed by atoms with Gasteiger partial charge in [-0.3, -0.25) is 14.5 Å². The second-order valence-corrected chi connectivity index (χ2v) is 11.0. The van der Waals surface area contributed by atoms with Crippen LogP contribution in [0.25, 0.3) is 10.9 Å². The van der Waals surface area contributed by atoms with Gasteiger partial charge >= 0.3 is 6.18 Å². The fourth-order valence-electron chi connectivity index (χ4n) is 6.51.